The normalized spacial score (nSPS) is 19.4. The molecule has 2 aromatic rings. The van der Waals surface area contributed by atoms with Crippen LogP contribution in [0.25, 0.3) is 15.8 Å². The van der Waals surface area contributed by atoms with E-state index in [1.54, 1.807) is 42.2 Å². The van der Waals surface area contributed by atoms with E-state index in [1.807, 2.05) is 0 Å². The summed E-state index contributed by atoms with van der Waals surface area (Å²) in [5.41, 5.74) is 1.04. The Kier molecular flexibility index (Phi) is 3.06. The van der Waals surface area contributed by atoms with Gasteiger partial charge in [0, 0.05) is 16.1 Å². The molecule has 3 nitrogen and oxygen atoms in total. The van der Waals surface area contributed by atoms with Gasteiger partial charge in [0.1, 0.15) is 5.82 Å². The average Bonchev–Trinajstić information content (AvgIpc) is 3.09. The number of thioether (sulfide) groups is 1. The second kappa shape index (κ2) is 4.83. The minimum absolute atomic E-state index is 0.218. The molecule has 1 N–H and O–H groups in total. The van der Waals surface area contributed by atoms with Crippen LogP contribution in [0.5, 0.6) is 0 Å². The minimum atomic E-state index is -0.528. The highest BCUT2D eigenvalue weighted by Gasteiger charge is 2.35. The highest BCUT2D eigenvalue weighted by atomic mass is 32.2. The first-order valence-corrected chi connectivity index (χ1v) is 8.38. The summed E-state index contributed by atoms with van der Waals surface area (Å²) < 4.78 is 14.3. The number of amidine groups is 1. The van der Waals surface area contributed by atoms with Gasteiger partial charge in [-0.25, -0.2) is 4.39 Å². The zero-order valence-corrected chi connectivity index (χ0v) is 13.0. The Labute approximate surface area is 129 Å². The van der Waals surface area contributed by atoms with Gasteiger partial charge in [0.2, 0.25) is 0 Å². The molecule has 1 atom stereocenters. The molecule has 0 amide bonds. The lowest BCUT2D eigenvalue weighted by molar-refractivity contribution is 0.240. The number of benzene rings is 1. The van der Waals surface area contributed by atoms with Crippen molar-refractivity contribution in [3.63, 3.8) is 0 Å². The van der Waals surface area contributed by atoms with Crippen LogP contribution in [0.15, 0.2) is 34.2 Å². The molecule has 0 bridgehead atoms. The second-order valence-corrected chi connectivity index (χ2v) is 7.19. The van der Waals surface area contributed by atoms with E-state index < -0.39 is 6.10 Å². The molecule has 0 aliphatic carbocycles. The summed E-state index contributed by atoms with van der Waals surface area (Å²) in [4.78, 5) is 8.62. The predicted molar refractivity (Wildman–Crippen MR) is 87.0 cm³/mol. The number of nitrogens with zero attached hydrogens (tertiary/aromatic N) is 2. The molecule has 1 aromatic heterocycles. The Morgan fingerprint density at radius 2 is 2.24 bits per heavy atom. The van der Waals surface area contributed by atoms with Crippen molar-refractivity contribution < 1.29 is 9.50 Å². The lowest BCUT2D eigenvalue weighted by atomic mass is 10.2. The molecule has 0 fully saturated rings. The second-order valence-electron chi connectivity index (χ2n) is 5.10. The molecule has 1 aromatic carbocycles. The summed E-state index contributed by atoms with van der Waals surface area (Å²) in [5, 5.41) is 12.0. The SMILES string of the molecule is CC(O)C1=C(c2cc3ccc(F)cc3s2)N2CCN=C2S1. The van der Waals surface area contributed by atoms with E-state index >= 15 is 0 Å². The molecule has 0 saturated carbocycles. The van der Waals surface area contributed by atoms with Gasteiger partial charge in [-0.2, -0.15) is 0 Å². The first-order valence-electron chi connectivity index (χ1n) is 6.75. The zero-order chi connectivity index (χ0) is 14.6. The summed E-state index contributed by atoms with van der Waals surface area (Å²) in [6.07, 6.45) is -0.528. The van der Waals surface area contributed by atoms with Crippen molar-refractivity contribution in [1.82, 2.24) is 4.90 Å². The summed E-state index contributed by atoms with van der Waals surface area (Å²) in [6, 6.07) is 6.91. The van der Waals surface area contributed by atoms with Gasteiger partial charge in [-0.15, -0.1) is 11.3 Å². The van der Waals surface area contributed by atoms with E-state index in [0.29, 0.717) is 0 Å². The molecular weight excluding hydrogens is 307 g/mol. The molecule has 3 heterocycles. The van der Waals surface area contributed by atoms with Crippen molar-refractivity contribution in [3.05, 3.63) is 39.9 Å². The molecule has 2 aliphatic heterocycles. The van der Waals surface area contributed by atoms with E-state index in [9.17, 15) is 9.50 Å². The van der Waals surface area contributed by atoms with E-state index in [1.165, 1.54) is 6.07 Å². The lowest BCUT2D eigenvalue weighted by Crippen LogP contribution is -2.19. The predicted octanol–water partition coefficient (Wildman–Crippen LogP) is 3.51. The van der Waals surface area contributed by atoms with Crippen molar-refractivity contribution in [2.45, 2.75) is 13.0 Å². The van der Waals surface area contributed by atoms with E-state index in [-0.39, 0.29) is 5.82 Å². The topological polar surface area (TPSA) is 35.8 Å². The highest BCUT2D eigenvalue weighted by Crippen LogP contribution is 2.45. The molecule has 21 heavy (non-hydrogen) atoms. The van der Waals surface area contributed by atoms with E-state index in [2.05, 4.69) is 16.0 Å². The number of hydrogen-bond acceptors (Lipinski definition) is 5. The van der Waals surface area contributed by atoms with E-state index in [4.69, 9.17) is 0 Å². The number of halogens is 1. The Balaban J connectivity index is 1.88. The third-order valence-electron chi connectivity index (χ3n) is 3.60. The standard InChI is InChI=1S/C15H13FN2OS2/c1-8(19)14-13(18-5-4-17-15(18)21-14)12-6-9-2-3-10(16)7-11(9)20-12/h2-3,6-8,19H,4-5H2,1H3. The highest BCUT2D eigenvalue weighted by molar-refractivity contribution is 8.17. The molecule has 0 radical (unpaired) electrons. The van der Waals surface area contributed by atoms with Gasteiger partial charge in [-0.1, -0.05) is 17.8 Å². The maximum atomic E-state index is 13.4. The molecule has 1 unspecified atom stereocenters. The maximum absolute atomic E-state index is 13.4. The van der Waals surface area contributed by atoms with Crippen molar-refractivity contribution >= 4 is 44.0 Å². The van der Waals surface area contributed by atoms with Gasteiger partial charge < -0.3 is 10.0 Å². The number of hydrogen-bond donors (Lipinski definition) is 1. The smallest absolute Gasteiger partial charge is 0.168 e. The van der Waals surface area contributed by atoms with Crippen LogP contribution >= 0.6 is 23.1 Å². The number of aliphatic imine (C=N–C) groups is 1. The van der Waals surface area contributed by atoms with Crippen molar-refractivity contribution in [3.8, 4) is 0 Å². The monoisotopic (exact) mass is 320 g/mol. The van der Waals surface area contributed by atoms with Crippen LogP contribution in [0.2, 0.25) is 0 Å². The number of fused-ring (bicyclic) bond motifs is 2. The fraction of sp³-hybridized carbons (Fsp3) is 0.267. The summed E-state index contributed by atoms with van der Waals surface area (Å²) in [7, 11) is 0. The fourth-order valence-electron chi connectivity index (χ4n) is 2.66. The van der Waals surface area contributed by atoms with Gasteiger partial charge in [0.25, 0.3) is 0 Å². The Bertz CT molecular complexity index is 794. The van der Waals surface area contributed by atoms with Crippen LogP contribution in [0, 0.1) is 5.82 Å². The van der Waals surface area contributed by atoms with Crippen molar-refractivity contribution in [2.24, 2.45) is 4.99 Å². The molecule has 0 saturated heterocycles. The number of aliphatic hydroxyl groups is 1. The number of rotatable bonds is 2. The summed E-state index contributed by atoms with van der Waals surface area (Å²) in [6.45, 7) is 3.41. The first kappa shape index (κ1) is 13.3. The van der Waals surface area contributed by atoms with Gasteiger partial charge in [0.15, 0.2) is 5.17 Å². The van der Waals surface area contributed by atoms with Crippen LogP contribution in [-0.2, 0) is 0 Å². The van der Waals surface area contributed by atoms with Gasteiger partial charge in [-0.3, -0.25) is 4.99 Å². The van der Waals surface area contributed by atoms with Crippen molar-refractivity contribution in [1.29, 1.82) is 0 Å². The van der Waals surface area contributed by atoms with Gasteiger partial charge in [-0.05, 0) is 30.5 Å². The fourth-order valence-corrected chi connectivity index (χ4v) is 5.01. The minimum Gasteiger partial charge on any atom is -0.388 e. The molecular formula is C15H13FN2OS2. The average molecular weight is 320 g/mol. The number of thiophene rings is 1. The number of aliphatic hydroxyl groups excluding tert-OH is 1. The first-order chi connectivity index (χ1) is 10.1. The Morgan fingerprint density at radius 1 is 1.38 bits per heavy atom. The third kappa shape index (κ3) is 2.09. The maximum Gasteiger partial charge on any atom is 0.168 e. The van der Waals surface area contributed by atoms with Crippen molar-refractivity contribution in [2.75, 3.05) is 13.1 Å². The Hall–Kier alpha value is -1.37. The molecule has 6 heteroatoms. The van der Waals surface area contributed by atoms with Crippen LogP contribution in [0.1, 0.15) is 11.8 Å². The molecule has 4 rings (SSSR count). The molecule has 108 valence electrons. The largest absolute Gasteiger partial charge is 0.388 e. The summed E-state index contributed by atoms with van der Waals surface area (Å²) in [5.74, 6) is -0.218. The molecule has 0 spiro atoms. The zero-order valence-electron chi connectivity index (χ0n) is 11.3. The van der Waals surface area contributed by atoms with E-state index in [0.717, 1.165) is 43.8 Å². The van der Waals surface area contributed by atoms with Crippen LogP contribution in [0.4, 0.5) is 4.39 Å². The lowest BCUT2D eigenvalue weighted by Gasteiger charge is -2.16. The Morgan fingerprint density at radius 3 is 3.05 bits per heavy atom. The quantitative estimate of drug-likeness (QED) is 0.920. The van der Waals surface area contributed by atoms with Gasteiger partial charge >= 0.3 is 0 Å². The van der Waals surface area contributed by atoms with Crippen LogP contribution < -0.4 is 0 Å². The van der Waals surface area contributed by atoms with Gasteiger partial charge in [0.05, 0.1) is 23.2 Å². The summed E-state index contributed by atoms with van der Waals surface area (Å²) >= 11 is 3.10. The van der Waals surface area contributed by atoms with Crippen LogP contribution in [-0.4, -0.2) is 34.4 Å². The van der Waals surface area contributed by atoms with Crippen LogP contribution in [0.3, 0.4) is 0 Å². The third-order valence-corrected chi connectivity index (χ3v) is 5.99. The molecule has 2 aliphatic rings.